The molecule has 2 rings (SSSR count). The van der Waals surface area contributed by atoms with Crippen molar-refractivity contribution in [2.24, 2.45) is 0 Å². The summed E-state index contributed by atoms with van der Waals surface area (Å²) in [7, 11) is 1.55. The van der Waals surface area contributed by atoms with Crippen LogP contribution < -0.4 is 16.0 Å². The number of rotatable bonds is 3. The Morgan fingerprint density at radius 3 is 2.90 bits per heavy atom. The van der Waals surface area contributed by atoms with Gasteiger partial charge in [0.15, 0.2) is 0 Å². The molecule has 5 nitrogen and oxygen atoms in total. The van der Waals surface area contributed by atoms with Crippen molar-refractivity contribution in [1.82, 2.24) is 10.6 Å². The first kappa shape index (κ1) is 15.2. The van der Waals surface area contributed by atoms with E-state index >= 15 is 0 Å². The second kappa shape index (κ2) is 6.97. The number of benzene rings is 1. The van der Waals surface area contributed by atoms with Gasteiger partial charge in [-0.3, -0.25) is 9.59 Å². The Morgan fingerprint density at radius 2 is 2.25 bits per heavy atom. The van der Waals surface area contributed by atoms with E-state index in [9.17, 15) is 9.59 Å². The van der Waals surface area contributed by atoms with Gasteiger partial charge in [-0.15, -0.1) is 0 Å². The Labute approximate surface area is 126 Å². The molecule has 0 radical (unpaired) electrons. The van der Waals surface area contributed by atoms with Crippen molar-refractivity contribution >= 4 is 40.9 Å². The van der Waals surface area contributed by atoms with E-state index in [-0.39, 0.29) is 17.9 Å². The van der Waals surface area contributed by atoms with Crippen LogP contribution >= 0.6 is 23.4 Å². The molecule has 1 atom stereocenters. The molecule has 1 unspecified atom stereocenters. The number of anilines is 1. The van der Waals surface area contributed by atoms with E-state index in [1.54, 1.807) is 37.0 Å². The van der Waals surface area contributed by atoms with E-state index in [4.69, 9.17) is 11.6 Å². The van der Waals surface area contributed by atoms with Gasteiger partial charge in [-0.2, -0.15) is 11.8 Å². The third-order valence-electron chi connectivity index (χ3n) is 2.95. The van der Waals surface area contributed by atoms with Gasteiger partial charge in [0.05, 0.1) is 16.8 Å². The summed E-state index contributed by atoms with van der Waals surface area (Å²) < 4.78 is 0. The lowest BCUT2D eigenvalue weighted by atomic mass is 10.1. The lowest BCUT2D eigenvalue weighted by Crippen LogP contribution is -2.46. The molecule has 1 heterocycles. The molecular weight excluding hydrogens is 298 g/mol. The normalized spacial score (nSPS) is 18.4. The van der Waals surface area contributed by atoms with E-state index in [1.165, 1.54) is 0 Å². The molecule has 0 aliphatic carbocycles. The van der Waals surface area contributed by atoms with Crippen LogP contribution in [0.4, 0.5) is 5.69 Å². The highest BCUT2D eigenvalue weighted by Crippen LogP contribution is 2.23. The summed E-state index contributed by atoms with van der Waals surface area (Å²) in [6.07, 6.45) is 0. The number of thioether (sulfide) groups is 1. The maximum Gasteiger partial charge on any atom is 0.251 e. The van der Waals surface area contributed by atoms with Crippen LogP contribution in [0.5, 0.6) is 0 Å². The molecule has 0 saturated carbocycles. The fourth-order valence-corrected chi connectivity index (χ4v) is 2.96. The van der Waals surface area contributed by atoms with Crippen molar-refractivity contribution in [3.63, 3.8) is 0 Å². The molecule has 7 heteroatoms. The van der Waals surface area contributed by atoms with Crippen LogP contribution in [0, 0.1) is 0 Å². The highest BCUT2D eigenvalue weighted by Gasteiger charge is 2.21. The average Bonchev–Trinajstić information content (AvgIpc) is 2.49. The molecule has 108 valence electrons. The fourth-order valence-electron chi connectivity index (χ4n) is 1.86. The first-order valence-electron chi connectivity index (χ1n) is 6.25. The van der Waals surface area contributed by atoms with Gasteiger partial charge in [0.2, 0.25) is 5.91 Å². The summed E-state index contributed by atoms with van der Waals surface area (Å²) in [5, 5.41) is 8.87. The summed E-state index contributed by atoms with van der Waals surface area (Å²) in [5.41, 5.74) is 0.910. The molecule has 2 amide bonds. The van der Waals surface area contributed by atoms with Crippen LogP contribution in [-0.2, 0) is 4.79 Å². The van der Waals surface area contributed by atoms with Gasteiger partial charge >= 0.3 is 0 Å². The van der Waals surface area contributed by atoms with Crippen LogP contribution in [0.25, 0.3) is 0 Å². The van der Waals surface area contributed by atoms with E-state index in [0.29, 0.717) is 16.3 Å². The first-order chi connectivity index (χ1) is 9.61. The van der Waals surface area contributed by atoms with Crippen molar-refractivity contribution in [3.05, 3.63) is 28.8 Å². The smallest absolute Gasteiger partial charge is 0.251 e. The van der Waals surface area contributed by atoms with Crippen molar-refractivity contribution in [2.45, 2.75) is 6.04 Å². The standard InChI is InChI=1S/C13H16ClN3O2S/c1-15-12(18)8-2-3-9(14)10(6-8)17-13(19)11-7-20-5-4-16-11/h2-3,6,11,16H,4-5,7H2,1H3,(H,15,18)(H,17,19). The molecule has 1 aromatic carbocycles. The Kier molecular flexibility index (Phi) is 5.28. The predicted octanol–water partition coefficient (Wildman–Crippen LogP) is 1.34. The molecular formula is C13H16ClN3O2S. The minimum Gasteiger partial charge on any atom is -0.355 e. The third-order valence-corrected chi connectivity index (χ3v) is 4.34. The molecule has 1 aliphatic heterocycles. The number of hydrogen-bond donors (Lipinski definition) is 3. The van der Waals surface area contributed by atoms with E-state index < -0.39 is 0 Å². The zero-order valence-corrected chi connectivity index (χ0v) is 12.6. The Bertz CT molecular complexity index is 518. The maximum absolute atomic E-state index is 12.1. The molecule has 3 N–H and O–H groups in total. The first-order valence-corrected chi connectivity index (χ1v) is 7.78. The predicted molar refractivity (Wildman–Crippen MR) is 82.6 cm³/mol. The topological polar surface area (TPSA) is 70.2 Å². The SMILES string of the molecule is CNC(=O)c1ccc(Cl)c(NC(=O)C2CSCCN2)c1. The maximum atomic E-state index is 12.1. The summed E-state index contributed by atoms with van der Waals surface area (Å²) in [6.45, 7) is 0.814. The van der Waals surface area contributed by atoms with Crippen molar-refractivity contribution in [1.29, 1.82) is 0 Å². The number of hydrogen-bond acceptors (Lipinski definition) is 4. The van der Waals surface area contributed by atoms with E-state index in [1.807, 2.05) is 0 Å². The monoisotopic (exact) mass is 313 g/mol. The molecule has 0 bridgehead atoms. The van der Waals surface area contributed by atoms with Crippen molar-refractivity contribution < 1.29 is 9.59 Å². The van der Waals surface area contributed by atoms with Crippen LogP contribution in [0.1, 0.15) is 10.4 Å². The van der Waals surface area contributed by atoms with Crippen molar-refractivity contribution in [3.8, 4) is 0 Å². The highest BCUT2D eigenvalue weighted by molar-refractivity contribution is 7.99. The van der Waals surface area contributed by atoms with Gasteiger partial charge in [0.25, 0.3) is 5.91 Å². The number of carbonyl (C=O) groups excluding carboxylic acids is 2. The number of carbonyl (C=O) groups is 2. The van der Waals surface area contributed by atoms with Gasteiger partial charge in [0.1, 0.15) is 0 Å². The third kappa shape index (κ3) is 3.65. The number of amides is 2. The van der Waals surface area contributed by atoms with Crippen LogP contribution in [-0.4, -0.2) is 43.0 Å². The minimum absolute atomic E-state index is 0.131. The lowest BCUT2D eigenvalue weighted by molar-refractivity contribution is -0.117. The number of nitrogens with one attached hydrogen (secondary N) is 3. The van der Waals surface area contributed by atoms with E-state index in [2.05, 4.69) is 16.0 Å². The zero-order valence-electron chi connectivity index (χ0n) is 11.0. The van der Waals surface area contributed by atoms with Crippen molar-refractivity contribution in [2.75, 3.05) is 30.4 Å². The summed E-state index contributed by atoms with van der Waals surface area (Å²) in [4.78, 5) is 23.7. The highest BCUT2D eigenvalue weighted by atomic mass is 35.5. The van der Waals surface area contributed by atoms with Gasteiger partial charge in [-0.1, -0.05) is 11.6 Å². The molecule has 1 aliphatic rings. The summed E-state index contributed by atoms with van der Waals surface area (Å²) in [6, 6.07) is 4.57. The van der Waals surface area contributed by atoms with Gasteiger partial charge in [0, 0.05) is 30.7 Å². The molecule has 1 fully saturated rings. The average molecular weight is 314 g/mol. The molecule has 1 saturated heterocycles. The van der Waals surface area contributed by atoms with Gasteiger partial charge in [-0.25, -0.2) is 0 Å². The van der Waals surface area contributed by atoms with Crippen LogP contribution in [0.3, 0.4) is 0 Å². The minimum atomic E-state index is -0.228. The summed E-state index contributed by atoms with van der Waals surface area (Å²) in [5.74, 6) is 1.40. The number of halogens is 1. The fraction of sp³-hybridized carbons (Fsp3) is 0.385. The Hall–Kier alpha value is -1.24. The van der Waals surface area contributed by atoms with Gasteiger partial charge in [-0.05, 0) is 18.2 Å². The second-order valence-corrected chi connectivity index (χ2v) is 5.90. The van der Waals surface area contributed by atoms with Crippen LogP contribution in [0.15, 0.2) is 18.2 Å². The molecule has 1 aromatic rings. The molecule has 0 spiro atoms. The molecule has 20 heavy (non-hydrogen) atoms. The Morgan fingerprint density at radius 1 is 1.45 bits per heavy atom. The second-order valence-electron chi connectivity index (χ2n) is 4.34. The van der Waals surface area contributed by atoms with Crippen LogP contribution in [0.2, 0.25) is 5.02 Å². The summed E-state index contributed by atoms with van der Waals surface area (Å²) >= 11 is 7.79. The largest absolute Gasteiger partial charge is 0.355 e. The quantitative estimate of drug-likeness (QED) is 0.787. The van der Waals surface area contributed by atoms with E-state index in [0.717, 1.165) is 18.1 Å². The molecule has 0 aromatic heterocycles. The lowest BCUT2D eigenvalue weighted by Gasteiger charge is -2.22. The zero-order chi connectivity index (χ0) is 14.5. The Balaban J connectivity index is 2.11. The van der Waals surface area contributed by atoms with Gasteiger partial charge < -0.3 is 16.0 Å².